The molecule has 8 nitrogen and oxygen atoms in total. The number of anilines is 1. The molecule has 0 saturated carbocycles. The van der Waals surface area contributed by atoms with Gasteiger partial charge < -0.3 is 15.0 Å². The molecule has 0 spiro atoms. The van der Waals surface area contributed by atoms with Gasteiger partial charge in [-0.05, 0) is 74.5 Å². The van der Waals surface area contributed by atoms with Gasteiger partial charge >= 0.3 is 0 Å². The first-order valence-electron chi connectivity index (χ1n) is 11.9. The third kappa shape index (κ3) is 7.36. The number of nitrogens with one attached hydrogen (secondary N) is 1. The second-order valence-corrected chi connectivity index (χ2v) is 11.6. The highest BCUT2D eigenvalue weighted by Crippen LogP contribution is 2.29. The maximum absolute atomic E-state index is 13.9. The lowest BCUT2D eigenvalue weighted by Crippen LogP contribution is -2.51. The van der Waals surface area contributed by atoms with Gasteiger partial charge in [0.15, 0.2) is 0 Å². The molecule has 0 aromatic heterocycles. The summed E-state index contributed by atoms with van der Waals surface area (Å²) in [6, 6.07) is 15.8. The smallest absolute Gasteiger partial charge is 0.264 e. The van der Waals surface area contributed by atoms with E-state index in [1.165, 1.54) is 60.5 Å². The first kappa shape index (κ1) is 30.6. The first-order valence-corrected chi connectivity index (χ1v) is 14.5. The summed E-state index contributed by atoms with van der Waals surface area (Å²) in [4.78, 5) is 27.9. The summed E-state index contributed by atoms with van der Waals surface area (Å²) in [5, 5.41) is 3.71. The zero-order valence-electron chi connectivity index (χ0n) is 21.5. The van der Waals surface area contributed by atoms with Gasteiger partial charge in [0.2, 0.25) is 11.8 Å². The standard InChI is InChI=1S/C27H28Cl3N3O5S/c1-4-31-27(35)18(2)32(16-23-24(29)6-5-7-25(23)30)26(34)17-33(20-10-8-19(28)9-11-20)39(36,37)22-14-12-21(38-3)13-15-22/h5-15,18H,4,16-17H2,1-3H3,(H,31,35)/t18-/m0/s1. The second-order valence-electron chi connectivity index (χ2n) is 8.46. The first-order chi connectivity index (χ1) is 18.5. The van der Waals surface area contributed by atoms with E-state index >= 15 is 0 Å². The Hall–Kier alpha value is -2.98. The Morgan fingerprint density at radius 2 is 1.54 bits per heavy atom. The van der Waals surface area contributed by atoms with Crippen LogP contribution in [0.15, 0.2) is 71.6 Å². The number of halogens is 3. The molecule has 0 aliphatic carbocycles. The number of sulfonamides is 1. The lowest BCUT2D eigenvalue weighted by Gasteiger charge is -2.32. The Labute approximate surface area is 243 Å². The van der Waals surface area contributed by atoms with Crippen LogP contribution in [0.25, 0.3) is 0 Å². The topological polar surface area (TPSA) is 96.0 Å². The van der Waals surface area contributed by atoms with Crippen LogP contribution in [0.2, 0.25) is 15.1 Å². The molecule has 0 unspecified atom stereocenters. The number of ether oxygens (including phenoxy) is 1. The number of carbonyl (C=O) groups is 2. The molecule has 0 aliphatic heterocycles. The predicted octanol–water partition coefficient (Wildman–Crippen LogP) is 5.40. The molecule has 0 fully saturated rings. The minimum Gasteiger partial charge on any atom is -0.497 e. The summed E-state index contributed by atoms with van der Waals surface area (Å²) >= 11 is 18.8. The molecule has 0 heterocycles. The molecule has 3 rings (SSSR count). The van der Waals surface area contributed by atoms with E-state index in [0.717, 1.165) is 4.31 Å². The van der Waals surface area contributed by atoms with Crippen LogP contribution in [0.1, 0.15) is 19.4 Å². The average molecular weight is 613 g/mol. The second kappa shape index (κ2) is 13.4. The molecule has 0 saturated heterocycles. The van der Waals surface area contributed by atoms with E-state index in [2.05, 4.69) is 5.32 Å². The number of rotatable bonds is 11. The number of nitrogens with zero attached hydrogens (tertiary/aromatic N) is 2. The SMILES string of the molecule is CCNC(=O)[C@H](C)N(Cc1c(Cl)cccc1Cl)C(=O)CN(c1ccc(Cl)cc1)S(=O)(=O)c1ccc(OC)cc1. The van der Waals surface area contributed by atoms with Crippen LogP contribution in [-0.2, 0) is 26.2 Å². The van der Waals surface area contributed by atoms with Crippen molar-refractivity contribution in [3.63, 3.8) is 0 Å². The highest BCUT2D eigenvalue weighted by molar-refractivity contribution is 7.92. The largest absolute Gasteiger partial charge is 0.497 e. The van der Waals surface area contributed by atoms with Gasteiger partial charge in [-0.25, -0.2) is 8.42 Å². The molecular weight excluding hydrogens is 585 g/mol. The number of amides is 2. The summed E-state index contributed by atoms with van der Waals surface area (Å²) in [7, 11) is -2.76. The van der Waals surface area contributed by atoms with E-state index in [1.54, 1.807) is 32.0 Å². The Balaban J connectivity index is 2.06. The lowest BCUT2D eigenvalue weighted by molar-refractivity contribution is -0.139. The van der Waals surface area contributed by atoms with Gasteiger partial charge in [-0.2, -0.15) is 0 Å². The van der Waals surface area contributed by atoms with Crippen molar-refractivity contribution in [2.75, 3.05) is 24.5 Å². The molecule has 0 bridgehead atoms. The Morgan fingerprint density at radius 1 is 0.949 bits per heavy atom. The zero-order valence-corrected chi connectivity index (χ0v) is 24.6. The Morgan fingerprint density at radius 3 is 2.08 bits per heavy atom. The van der Waals surface area contributed by atoms with Gasteiger partial charge in [-0.1, -0.05) is 40.9 Å². The van der Waals surface area contributed by atoms with Gasteiger partial charge in [0.05, 0.1) is 17.7 Å². The molecule has 39 heavy (non-hydrogen) atoms. The monoisotopic (exact) mass is 611 g/mol. The zero-order chi connectivity index (χ0) is 28.7. The molecule has 2 amide bonds. The normalized spacial score (nSPS) is 11.9. The van der Waals surface area contributed by atoms with Crippen molar-refractivity contribution in [1.82, 2.24) is 10.2 Å². The summed E-state index contributed by atoms with van der Waals surface area (Å²) in [5.74, 6) is -0.580. The molecule has 3 aromatic carbocycles. The van der Waals surface area contributed by atoms with Crippen LogP contribution in [0.4, 0.5) is 5.69 Å². The molecule has 1 atom stereocenters. The van der Waals surface area contributed by atoms with E-state index in [0.29, 0.717) is 32.9 Å². The van der Waals surface area contributed by atoms with Crippen LogP contribution < -0.4 is 14.4 Å². The van der Waals surface area contributed by atoms with Crippen molar-refractivity contribution in [1.29, 1.82) is 0 Å². The van der Waals surface area contributed by atoms with Crippen molar-refractivity contribution in [2.24, 2.45) is 0 Å². The number of hydrogen-bond donors (Lipinski definition) is 1. The van der Waals surface area contributed by atoms with Crippen molar-refractivity contribution >= 4 is 62.3 Å². The van der Waals surface area contributed by atoms with Crippen molar-refractivity contribution in [3.8, 4) is 5.75 Å². The lowest BCUT2D eigenvalue weighted by atomic mass is 10.1. The fraction of sp³-hybridized carbons (Fsp3) is 0.259. The summed E-state index contributed by atoms with van der Waals surface area (Å²) in [5.41, 5.74) is 0.645. The van der Waals surface area contributed by atoms with E-state index in [-0.39, 0.29) is 17.1 Å². The van der Waals surface area contributed by atoms with Crippen LogP contribution in [0.3, 0.4) is 0 Å². The van der Waals surface area contributed by atoms with Crippen LogP contribution in [0, 0.1) is 0 Å². The highest BCUT2D eigenvalue weighted by atomic mass is 35.5. The van der Waals surface area contributed by atoms with E-state index in [9.17, 15) is 18.0 Å². The van der Waals surface area contributed by atoms with Crippen LogP contribution in [0.5, 0.6) is 5.75 Å². The van der Waals surface area contributed by atoms with E-state index in [4.69, 9.17) is 39.5 Å². The fourth-order valence-corrected chi connectivity index (χ4v) is 5.83. The Bertz CT molecular complexity index is 1400. The quantitative estimate of drug-likeness (QED) is 0.313. The molecule has 3 aromatic rings. The minimum absolute atomic E-state index is 0.0523. The molecule has 1 N–H and O–H groups in total. The molecule has 0 radical (unpaired) electrons. The Kier molecular flexibility index (Phi) is 10.5. The number of benzene rings is 3. The number of carbonyl (C=O) groups excluding carboxylic acids is 2. The maximum atomic E-state index is 13.9. The van der Waals surface area contributed by atoms with Gasteiger partial charge in [-0.15, -0.1) is 0 Å². The number of hydrogen-bond acceptors (Lipinski definition) is 5. The number of likely N-dealkylation sites (N-methyl/N-ethyl adjacent to an activating group) is 1. The highest BCUT2D eigenvalue weighted by Gasteiger charge is 2.33. The summed E-state index contributed by atoms with van der Waals surface area (Å²) < 4.78 is 33.7. The van der Waals surface area contributed by atoms with Gasteiger partial charge in [0.25, 0.3) is 10.0 Å². The number of methoxy groups -OCH3 is 1. The fourth-order valence-electron chi connectivity index (χ4n) is 3.77. The summed E-state index contributed by atoms with van der Waals surface area (Å²) in [6.45, 7) is 2.93. The molecular formula is C27H28Cl3N3O5S. The third-order valence-corrected chi connectivity index (χ3v) is 8.70. The molecule has 0 aliphatic rings. The predicted molar refractivity (Wildman–Crippen MR) is 154 cm³/mol. The third-order valence-electron chi connectivity index (χ3n) is 5.95. The van der Waals surface area contributed by atoms with E-state index < -0.39 is 34.4 Å². The summed E-state index contributed by atoms with van der Waals surface area (Å²) in [6.07, 6.45) is 0. The minimum atomic E-state index is -4.23. The van der Waals surface area contributed by atoms with Gasteiger partial charge in [0.1, 0.15) is 18.3 Å². The average Bonchev–Trinajstić information content (AvgIpc) is 2.92. The van der Waals surface area contributed by atoms with Crippen molar-refractivity contribution in [2.45, 2.75) is 31.3 Å². The van der Waals surface area contributed by atoms with Crippen molar-refractivity contribution in [3.05, 3.63) is 87.4 Å². The molecule has 208 valence electrons. The van der Waals surface area contributed by atoms with Crippen molar-refractivity contribution < 1.29 is 22.7 Å². The van der Waals surface area contributed by atoms with Gasteiger partial charge in [0, 0.05) is 33.7 Å². The van der Waals surface area contributed by atoms with Crippen LogP contribution >= 0.6 is 34.8 Å². The molecule has 12 heteroatoms. The van der Waals surface area contributed by atoms with E-state index in [1.807, 2.05) is 0 Å². The van der Waals surface area contributed by atoms with Crippen LogP contribution in [-0.4, -0.2) is 51.4 Å². The van der Waals surface area contributed by atoms with Gasteiger partial charge in [-0.3, -0.25) is 13.9 Å². The maximum Gasteiger partial charge on any atom is 0.264 e.